The van der Waals surface area contributed by atoms with Gasteiger partial charge in [-0.25, -0.2) is 0 Å². The fraction of sp³-hybridized carbons (Fsp3) is 0.565. The first-order chi connectivity index (χ1) is 15.1. The molecular weight excluding hydrogens is 414 g/mol. The van der Waals surface area contributed by atoms with Crippen molar-refractivity contribution < 1.29 is 9.26 Å². The van der Waals surface area contributed by atoms with Gasteiger partial charge in [0.25, 0.3) is 0 Å². The molecule has 0 unspecified atom stereocenters. The lowest BCUT2D eigenvalue weighted by Crippen LogP contribution is -2.54. The Balaban J connectivity index is 1.44. The molecule has 31 heavy (non-hydrogen) atoms. The Morgan fingerprint density at radius 2 is 1.94 bits per heavy atom. The van der Waals surface area contributed by atoms with E-state index in [1.807, 2.05) is 12.1 Å². The molecule has 2 saturated heterocycles. The number of fused-ring (bicyclic) bond motifs is 1. The maximum atomic E-state index is 6.62. The van der Waals surface area contributed by atoms with Crippen LogP contribution in [0.4, 0.5) is 0 Å². The molecule has 2 atom stereocenters. The molecule has 2 fully saturated rings. The number of nitrogens with zero attached hydrogens (tertiary/aromatic N) is 4. The SMILES string of the molecule is C[C@@H]1CNC[C@H](C)N1Cc1nc(-c2cn(CC3CCOCC3)c3c(Cl)cccc23)no1. The van der Waals surface area contributed by atoms with E-state index in [1.165, 1.54) is 0 Å². The number of rotatable bonds is 5. The van der Waals surface area contributed by atoms with Gasteiger partial charge in [-0.05, 0) is 38.7 Å². The molecular formula is C23H30ClN5O2. The molecule has 0 aliphatic carbocycles. The number of hydrogen-bond acceptors (Lipinski definition) is 6. The summed E-state index contributed by atoms with van der Waals surface area (Å²) in [6.07, 6.45) is 4.29. The van der Waals surface area contributed by atoms with Crippen molar-refractivity contribution in [2.45, 2.75) is 51.9 Å². The van der Waals surface area contributed by atoms with Crippen LogP contribution in [0.5, 0.6) is 0 Å². The highest BCUT2D eigenvalue weighted by Crippen LogP contribution is 2.34. The second kappa shape index (κ2) is 8.90. The van der Waals surface area contributed by atoms with Crippen LogP contribution in [0.2, 0.25) is 5.02 Å². The van der Waals surface area contributed by atoms with Crippen molar-refractivity contribution >= 4 is 22.5 Å². The van der Waals surface area contributed by atoms with Crippen LogP contribution in [0.15, 0.2) is 28.9 Å². The fourth-order valence-corrected chi connectivity index (χ4v) is 5.19. The first-order valence-corrected chi connectivity index (χ1v) is 11.6. The molecule has 0 spiro atoms. The number of benzene rings is 1. The minimum Gasteiger partial charge on any atom is -0.381 e. The second-order valence-corrected chi connectivity index (χ2v) is 9.33. The van der Waals surface area contributed by atoms with Crippen molar-refractivity contribution in [2.24, 2.45) is 5.92 Å². The Hall–Kier alpha value is -1.93. The zero-order chi connectivity index (χ0) is 21.4. The van der Waals surface area contributed by atoms with Gasteiger partial charge in [0.05, 0.1) is 17.1 Å². The summed E-state index contributed by atoms with van der Waals surface area (Å²) in [5.41, 5.74) is 2.02. The number of aromatic nitrogens is 3. The van der Waals surface area contributed by atoms with Crippen LogP contribution >= 0.6 is 11.6 Å². The summed E-state index contributed by atoms with van der Waals surface area (Å²) in [5.74, 6) is 1.87. The van der Waals surface area contributed by atoms with Crippen LogP contribution in [0.25, 0.3) is 22.3 Å². The summed E-state index contributed by atoms with van der Waals surface area (Å²) < 4.78 is 13.5. The van der Waals surface area contributed by atoms with Gasteiger partial charge in [0.15, 0.2) is 0 Å². The minimum absolute atomic E-state index is 0.430. The predicted octanol–water partition coefficient (Wildman–Crippen LogP) is 3.95. The lowest BCUT2D eigenvalue weighted by Gasteiger charge is -2.38. The van der Waals surface area contributed by atoms with Crippen molar-refractivity contribution in [2.75, 3.05) is 26.3 Å². The average molecular weight is 444 g/mol. The quantitative estimate of drug-likeness (QED) is 0.643. The fourth-order valence-electron chi connectivity index (χ4n) is 4.91. The van der Waals surface area contributed by atoms with E-state index < -0.39 is 0 Å². The third kappa shape index (κ3) is 4.24. The Labute approximate surface area is 187 Å². The zero-order valence-corrected chi connectivity index (χ0v) is 18.9. The summed E-state index contributed by atoms with van der Waals surface area (Å²) in [7, 11) is 0. The summed E-state index contributed by atoms with van der Waals surface area (Å²) >= 11 is 6.62. The molecule has 5 rings (SSSR count). The monoisotopic (exact) mass is 443 g/mol. The zero-order valence-electron chi connectivity index (χ0n) is 18.2. The van der Waals surface area contributed by atoms with Gasteiger partial charge in [-0.3, -0.25) is 4.90 Å². The van der Waals surface area contributed by atoms with Gasteiger partial charge in [0.1, 0.15) is 0 Å². The van der Waals surface area contributed by atoms with E-state index >= 15 is 0 Å². The Morgan fingerprint density at radius 1 is 1.16 bits per heavy atom. The molecule has 8 heteroatoms. The van der Waals surface area contributed by atoms with Gasteiger partial charge >= 0.3 is 0 Å². The lowest BCUT2D eigenvalue weighted by molar-refractivity contribution is 0.0616. The van der Waals surface area contributed by atoms with E-state index in [2.05, 4.69) is 46.1 Å². The van der Waals surface area contributed by atoms with Crippen molar-refractivity contribution in [3.8, 4) is 11.4 Å². The summed E-state index contributed by atoms with van der Waals surface area (Å²) in [4.78, 5) is 7.18. The molecule has 2 aliphatic heterocycles. The van der Waals surface area contributed by atoms with Crippen LogP contribution in [0, 0.1) is 5.92 Å². The summed E-state index contributed by atoms with van der Waals surface area (Å²) in [5, 5.41) is 9.62. The van der Waals surface area contributed by atoms with Crippen LogP contribution in [-0.2, 0) is 17.8 Å². The van der Waals surface area contributed by atoms with E-state index in [4.69, 9.17) is 25.8 Å². The number of hydrogen-bond donors (Lipinski definition) is 1. The molecule has 2 aliphatic rings. The van der Waals surface area contributed by atoms with Crippen molar-refractivity contribution in [1.82, 2.24) is 24.9 Å². The first-order valence-electron chi connectivity index (χ1n) is 11.2. The Bertz CT molecular complexity index is 1030. The molecule has 7 nitrogen and oxygen atoms in total. The van der Waals surface area contributed by atoms with Crippen LogP contribution in [0.1, 0.15) is 32.6 Å². The van der Waals surface area contributed by atoms with Crippen molar-refractivity contribution in [1.29, 1.82) is 0 Å². The normalized spacial score (nSPS) is 23.6. The molecule has 166 valence electrons. The third-order valence-corrected chi connectivity index (χ3v) is 6.99. The molecule has 0 bridgehead atoms. The van der Waals surface area contributed by atoms with Gasteiger partial charge in [-0.2, -0.15) is 4.98 Å². The first kappa shape index (κ1) is 20.9. The number of para-hydroxylation sites is 1. The van der Waals surface area contributed by atoms with Crippen LogP contribution < -0.4 is 5.32 Å². The highest BCUT2D eigenvalue weighted by Gasteiger charge is 2.27. The van der Waals surface area contributed by atoms with Gasteiger partial charge in [0, 0.05) is 62.1 Å². The van der Waals surface area contributed by atoms with Crippen molar-refractivity contribution in [3.05, 3.63) is 35.3 Å². The molecule has 0 amide bonds. The van der Waals surface area contributed by atoms with Gasteiger partial charge in [-0.15, -0.1) is 0 Å². The maximum absolute atomic E-state index is 6.62. The topological polar surface area (TPSA) is 68.4 Å². The average Bonchev–Trinajstić information content (AvgIpc) is 3.37. The highest BCUT2D eigenvalue weighted by molar-refractivity contribution is 6.35. The summed E-state index contributed by atoms with van der Waals surface area (Å²) in [6.45, 7) is 9.66. The van der Waals surface area contributed by atoms with Crippen LogP contribution in [0.3, 0.4) is 0 Å². The predicted molar refractivity (Wildman–Crippen MR) is 121 cm³/mol. The Kier molecular flexibility index (Phi) is 6.01. The lowest BCUT2D eigenvalue weighted by atomic mass is 10.0. The second-order valence-electron chi connectivity index (χ2n) is 8.93. The van der Waals surface area contributed by atoms with E-state index in [-0.39, 0.29) is 0 Å². The van der Waals surface area contributed by atoms with Crippen molar-refractivity contribution in [3.63, 3.8) is 0 Å². The van der Waals surface area contributed by atoms with E-state index in [1.54, 1.807) is 0 Å². The summed E-state index contributed by atoms with van der Waals surface area (Å²) in [6, 6.07) is 6.88. The van der Waals surface area contributed by atoms with E-state index in [0.717, 1.165) is 67.2 Å². The van der Waals surface area contributed by atoms with E-state index in [0.29, 0.717) is 36.3 Å². The number of piperazine rings is 1. The van der Waals surface area contributed by atoms with Gasteiger partial charge in [-0.1, -0.05) is 28.9 Å². The molecule has 4 heterocycles. The van der Waals surface area contributed by atoms with E-state index in [9.17, 15) is 0 Å². The molecule has 3 aromatic rings. The van der Waals surface area contributed by atoms with Gasteiger partial charge in [0.2, 0.25) is 11.7 Å². The minimum atomic E-state index is 0.430. The maximum Gasteiger partial charge on any atom is 0.241 e. The number of nitrogens with one attached hydrogen (secondary N) is 1. The molecule has 0 saturated carbocycles. The number of ether oxygens (including phenoxy) is 1. The van der Waals surface area contributed by atoms with Gasteiger partial charge < -0.3 is 19.1 Å². The van der Waals surface area contributed by atoms with Crippen LogP contribution in [-0.4, -0.2) is 58.0 Å². The third-order valence-electron chi connectivity index (χ3n) is 6.68. The molecule has 0 radical (unpaired) electrons. The molecule has 2 aromatic heterocycles. The standard InChI is InChI=1S/C23H30ClN5O2/c1-15-10-25-11-16(2)29(15)14-21-26-23(27-31-21)19-13-28(12-17-6-8-30-9-7-17)22-18(19)4-3-5-20(22)24/h3-5,13,15-17,25H,6-12,14H2,1-2H3/t15-,16+. The smallest absolute Gasteiger partial charge is 0.241 e. The Morgan fingerprint density at radius 3 is 2.71 bits per heavy atom. The molecule has 1 aromatic carbocycles. The largest absolute Gasteiger partial charge is 0.381 e. The highest BCUT2D eigenvalue weighted by atomic mass is 35.5. The molecule has 1 N–H and O–H groups in total. The number of halogens is 1.